The maximum atomic E-state index is 12.2. The first-order valence-corrected chi connectivity index (χ1v) is 9.96. The van der Waals surface area contributed by atoms with Crippen molar-refractivity contribution < 1.29 is 37.2 Å². The standard InChI is InChI=1S/C17H29O8P/c1-4-16(18)22-12-8-6-10-14-24-26(20,21-3)25-15-11-7-9-13-23-17(19)5-2/h4-5H,1-2,6-15H2,3H3. The van der Waals surface area contributed by atoms with E-state index in [4.69, 9.17) is 23.0 Å². The largest absolute Gasteiger partial charge is 0.474 e. The van der Waals surface area contributed by atoms with Gasteiger partial charge in [-0.05, 0) is 38.5 Å². The normalized spacial score (nSPS) is 11.0. The molecule has 0 spiro atoms. The number of hydrogen-bond acceptors (Lipinski definition) is 8. The van der Waals surface area contributed by atoms with Crippen LogP contribution in [-0.4, -0.2) is 45.5 Å². The molecule has 8 nitrogen and oxygen atoms in total. The molecule has 0 bridgehead atoms. The predicted octanol–water partition coefficient (Wildman–Crippen LogP) is 3.57. The minimum Gasteiger partial charge on any atom is -0.463 e. The molecular weight excluding hydrogens is 363 g/mol. The Balaban J connectivity index is 3.68. The highest BCUT2D eigenvalue weighted by Gasteiger charge is 2.24. The molecule has 0 aromatic rings. The third kappa shape index (κ3) is 13.8. The number of phosphoric acid groups is 1. The van der Waals surface area contributed by atoms with Crippen molar-refractivity contribution >= 4 is 19.8 Å². The van der Waals surface area contributed by atoms with Crippen LogP contribution < -0.4 is 0 Å². The number of rotatable bonds is 17. The molecule has 0 radical (unpaired) electrons. The second-order valence-corrected chi connectivity index (χ2v) is 6.94. The lowest BCUT2D eigenvalue weighted by Crippen LogP contribution is -2.04. The van der Waals surface area contributed by atoms with Gasteiger partial charge in [0, 0.05) is 19.3 Å². The summed E-state index contributed by atoms with van der Waals surface area (Å²) in [5, 5.41) is 0. The van der Waals surface area contributed by atoms with Crippen molar-refractivity contribution in [1.82, 2.24) is 0 Å². The Morgan fingerprint density at radius 3 is 1.50 bits per heavy atom. The van der Waals surface area contributed by atoms with Crippen LogP contribution >= 0.6 is 7.82 Å². The van der Waals surface area contributed by atoms with Crippen molar-refractivity contribution in [3.05, 3.63) is 25.3 Å². The van der Waals surface area contributed by atoms with Crippen molar-refractivity contribution in [2.75, 3.05) is 33.5 Å². The number of phosphoric ester groups is 1. The molecule has 26 heavy (non-hydrogen) atoms. The van der Waals surface area contributed by atoms with Crippen LogP contribution in [0.3, 0.4) is 0 Å². The monoisotopic (exact) mass is 392 g/mol. The molecule has 0 unspecified atom stereocenters. The first-order chi connectivity index (χ1) is 12.5. The van der Waals surface area contributed by atoms with Crippen LogP contribution in [0.2, 0.25) is 0 Å². The van der Waals surface area contributed by atoms with Gasteiger partial charge < -0.3 is 9.47 Å². The zero-order chi connectivity index (χ0) is 19.7. The smallest absolute Gasteiger partial charge is 0.463 e. The molecule has 0 atom stereocenters. The second-order valence-electron chi connectivity index (χ2n) is 5.16. The van der Waals surface area contributed by atoms with E-state index in [0.717, 1.165) is 25.0 Å². The molecule has 0 N–H and O–H groups in total. The summed E-state index contributed by atoms with van der Waals surface area (Å²) in [6, 6.07) is 0. The van der Waals surface area contributed by atoms with Crippen LogP contribution in [0, 0.1) is 0 Å². The van der Waals surface area contributed by atoms with Crippen LogP contribution in [-0.2, 0) is 37.2 Å². The van der Waals surface area contributed by atoms with E-state index in [1.165, 1.54) is 7.11 Å². The van der Waals surface area contributed by atoms with Gasteiger partial charge in [0.1, 0.15) is 0 Å². The maximum Gasteiger partial charge on any atom is 0.474 e. The van der Waals surface area contributed by atoms with Crippen LogP contribution in [0.1, 0.15) is 38.5 Å². The molecule has 0 aromatic carbocycles. The van der Waals surface area contributed by atoms with E-state index in [0.29, 0.717) is 38.9 Å². The summed E-state index contributed by atoms with van der Waals surface area (Å²) in [5.74, 6) is -0.894. The van der Waals surface area contributed by atoms with Gasteiger partial charge in [0.05, 0.1) is 26.4 Å². The van der Waals surface area contributed by atoms with Gasteiger partial charge in [-0.3, -0.25) is 13.6 Å². The summed E-state index contributed by atoms with van der Waals surface area (Å²) in [6.07, 6.45) is 6.35. The van der Waals surface area contributed by atoms with E-state index in [9.17, 15) is 14.2 Å². The first-order valence-electron chi connectivity index (χ1n) is 8.50. The van der Waals surface area contributed by atoms with Gasteiger partial charge in [0.2, 0.25) is 0 Å². The number of carbonyl (C=O) groups is 2. The van der Waals surface area contributed by atoms with Crippen molar-refractivity contribution in [1.29, 1.82) is 0 Å². The Morgan fingerprint density at radius 2 is 1.15 bits per heavy atom. The zero-order valence-corrected chi connectivity index (χ0v) is 16.2. The Bertz CT molecular complexity index is 439. The van der Waals surface area contributed by atoms with Crippen molar-refractivity contribution in [3.8, 4) is 0 Å². The lowest BCUT2D eigenvalue weighted by molar-refractivity contribution is -0.138. The van der Waals surface area contributed by atoms with Gasteiger partial charge in [-0.2, -0.15) is 0 Å². The van der Waals surface area contributed by atoms with E-state index in [2.05, 4.69) is 13.2 Å². The highest BCUT2D eigenvalue weighted by atomic mass is 31.2. The van der Waals surface area contributed by atoms with Gasteiger partial charge in [0.15, 0.2) is 0 Å². The second kappa shape index (κ2) is 15.8. The summed E-state index contributed by atoms with van der Waals surface area (Å²) >= 11 is 0. The van der Waals surface area contributed by atoms with Crippen molar-refractivity contribution in [2.24, 2.45) is 0 Å². The lowest BCUT2D eigenvalue weighted by atomic mass is 10.2. The average Bonchev–Trinajstić information content (AvgIpc) is 2.65. The van der Waals surface area contributed by atoms with Crippen molar-refractivity contribution in [2.45, 2.75) is 38.5 Å². The van der Waals surface area contributed by atoms with E-state index < -0.39 is 19.8 Å². The molecule has 0 aliphatic carbocycles. The van der Waals surface area contributed by atoms with E-state index in [1.807, 2.05) is 0 Å². The highest BCUT2D eigenvalue weighted by molar-refractivity contribution is 7.48. The number of hydrogen-bond donors (Lipinski definition) is 0. The average molecular weight is 392 g/mol. The molecule has 0 saturated heterocycles. The van der Waals surface area contributed by atoms with Gasteiger partial charge in [0.25, 0.3) is 0 Å². The Kier molecular flexibility index (Phi) is 14.9. The quantitative estimate of drug-likeness (QED) is 0.160. The van der Waals surface area contributed by atoms with Crippen LogP contribution in [0.5, 0.6) is 0 Å². The zero-order valence-electron chi connectivity index (χ0n) is 15.4. The fourth-order valence-electron chi connectivity index (χ4n) is 1.72. The van der Waals surface area contributed by atoms with Crippen LogP contribution in [0.15, 0.2) is 25.3 Å². The number of esters is 2. The van der Waals surface area contributed by atoms with E-state index >= 15 is 0 Å². The predicted molar refractivity (Wildman–Crippen MR) is 96.5 cm³/mol. The maximum absolute atomic E-state index is 12.2. The molecular formula is C17H29O8P. The molecule has 0 heterocycles. The molecule has 0 saturated carbocycles. The van der Waals surface area contributed by atoms with Gasteiger partial charge >= 0.3 is 19.8 Å². The first kappa shape index (κ1) is 24.5. The third-order valence-electron chi connectivity index (χ3n) is 3.12. The molecule has 0 aliphatic rings. The van der Waals surface area contributed by atoms with Crippen molar-refractivity contribution in [3.63, 3.8) is 0 Å². The summed E-state index contributed by atoms with van der Waals surface area (Å²) in [6.45, 7) is 7.67. The molecule has 9 heteroatoms. The molecule has 0 aromatic heterocycles. The molecule has 0 fully saturated rings. The molecule has 0 rings (SSSR count). The Labute approximate surface area is 155 Å². The summed E-state index contributed by atoms with van der Waals surface area (Å²) < 4.78 is 37.1. The molecule has 0 amide bonds. The fourth-order valence-corrected chi connectivity index (χ4v) is 2.71. The minimum absolute atomic E-state index is 0.220. The topological polar surface area (TPSA) is 97.4 Å². The Hall–Kier alpha value is -1.47. The van der Waals surface area contributed by atoms with Gasteiger partial charge in [-0.1, -0.05) is 13.2 Å². The lowest BCUT2D eigenvalue weighted by Gasteiger charge is -2.15. The van der Waals surface area contributed by atoms with Gasteiger partial charge in [-0.15, -0.1) is 0 Å². The summed E-state index contributed by atoms with van der Waals surface area (Å²) in [4.78, 5) is 21.7. The highest BCUT2D eigenvalue weighted by Crippen LogP contribution is 2.48. The fraction of sp³-hybridized carbons (Fsp3) is 0.647. The SMILES string of the molecule is C=CC(=O)OCCCCCOP(=O)(OC)OCCCCCOC(=O)C=C. The van der Waals surface area contributed by atoms with Crippen LogP contribution in [0.4, 0.5) is 0 Å². The van der Waals surface area contributed by atoms with E-state index in [1.54, 1.807) is 0 Å². The molecule has 0 aliphatic heterocycles. The number of unbranched alkanes of at least 4 members (excludes halogenated alkanes) is 4. The third-order valence-corrected chi connectivity index (χ3v) is 4.57. The number of ether oxygens (including phenoxy) is 2. The minimum atomic E-state index is -3.55. The van der Waals surface area contributed by atoms with Crippen LogP contribution in [0.25, 0.3) is 0 Å². The van der Waals surface area contributed by atoms with E-state index in [-0.39, 0.29) is 13.2 Å². The Morgan fingerprint density at radius 1 is 0.769 bits per heavy atom. The number of carbonyl (C=O) groups excluding carboxylic acids is 2. The molecule has 150 valence electrons. The summed E-state index contributed by atoms with van der Waals surface area (Å²) in [7, 11) is -2.28. The summed E-state index contributed by atoms with van der Waals surface area (Å²) in [5.41, 5.74) is 0. The van der Waals surface area contributed by atoms with Gasteiger partial charge in [-0.25, -0.2) is 14.2 Å².